The van der Waals surface area contributed by atoms with Crippen LogP contribution in [0.5, 0.6) is 5.75 Å². The van der Waals surface area contributed by atoms with Crippen LogP contribution in [0.4, 0.5) is 5.69 Å². The molecule has 0 saturated heterocycles. The molecule has 6 nitrogen and oxygen atoms in total. The van der Waals surface area contributed by atoms with Crippen molar-refractivity contribution in [3.63, 3.8) is 0 Å². The zero-order valence-corrected chi connectivity index (χ0v) is 16.4. The van der Waals surface area contributed by atoms with Crippen molar-refractivity contribution in [1.82, 2.24) is 5.32 Å². The van der Waals surface area contributed by atoms with Crippen LogP contribution in [0.3, 0.4) is 0 Å². The van der Waals surface area contributed by atoms with E-state index in [9.17, 15) is 13.2 Å². The van der Waals surface area contributed by atoms with E-state index in [-0.39, 0.29) is 17.0 Å². The van der Waals surface area contributed by atoms with Gasteiger partial charge in [0.15, 0.2) is 0 Å². The summed E-state index contributed by atoms with van der Waals surface area (Å²) in [4.78, 5) is 12.6. The predicted octanol–water partition coefficient (Wildman–Crippen LogP) is 2.95. The molecule has 0 spiro atoms. The molecule has 1 atom stereocenters. The molecular formula is C17H25ClN2O4S. The number of rotatable bonds is 6. The van der Waals surface area contributed by atoms with Gasteiger partial charge in [0.05, 0.1) is 24.1 Å². The fraction of sp³-hybridized carbons (Fsp3) is 0.588. The highest BCUT2D eigenvalue weighted by Gasteiger charge is 2.31. The smallest absolute Gasteiger partial charge is 0.243 e. The van der Waals surface area contributed by atoms with Gasteiger partial charge >= 0.3 is 0 Å². The number of amides is 1. The Morgan fingerprint density at radius 3 is 2.48 bits per heavy atom. The highest BCUT2D eigenvalue weighted by molar-refractivity contribution is 7.92. The zero-order valence-electron chi connectivity index (χ0n) is 14.8. The number of anilines is 1. The van der Waals surface area contributed by atoms with E-state index in [0.717, 1.165) is 36.2 Å². The normalized spacial score (nSPS) is 17.0. The summed E-state index contributed by atoms with van der Waals surface area (Å²) in [5.41, 5.74) is 0.333. The summed E-state index contributed by atoms with van der Waals surface area (Å²) in [7, 11) is -2.18. The van der Waals surface area contributed by atoms with Crippen molar-refractivity contribution in [2.75, 3.05) is 17.7 Å². The molecule has 0 aliphatic heterocycles. The lowest BCUT2D eigenvalue weighted by Gasteiger charge is -2.31. The van der Waals surface area contributed by atoms with Crippen molar-refractivity contribution in [3.05, 3.63) is 23.2 Å². The number of carbonyl (C=O) groups is 1. The third-order valence-corrected chi connectivity index (χ3v) is 5.97. The molecule has 1 N–H and O–H groups in total. The van der Waals surface area contributed by atoms with Crippen LogP contribution < -0.4 is 14.4 Å². The number of halogens is 1. The van der Waals surface area contributed by atoms with Crippen molar-refractivity contribution >= 4 is 33.2 Å². The number of sulfonamides is 1. The number of carbonyl (C=O) groups excluding carboxylic acids is 1. The monoisotopic (exact) mass is 388 g/mol. The van der Waals surface area contributed by atoms with Crippen molar-refractivity contribution in [2.45, 2.75) is 51.1 Å². The Kier molecular flexibility index (Phi) is 6.57. The lowest BCUT2D eigenvalue weighted by molar-refractivity contribution is -0.122. The average molecular weight is 389 g/mol. The van der Waals surface area contributed by atoms with E-state index in [1.165, 1.54) is 19.6 Å². The Morgan fingerprint density at radius 2 is 1.96 bits per heavy atom. The Labute approximate surface area is 154 Å². The van der Waals surface area contributed by atoms with Crippen LogP contribution in [0.15, 0.2) is 18.2 Å². The van der Waals surface area contributed by atoms with Gasteiger partial charge in [0.2, 0.25) is 15.9 Å². The maximum Gasteiger partial charge on any atom is 0.243 e. The maximum absolute atomic E-state index is 12.6. The fourth-order valence-corrected chi connectivity index (χ4v) is 4.59. The van der Waals surface area contributed by atoms with Gasteiger partial charge in [0, 0.05) is 6.04 Å². The minimum atomic E-state index is -3.67. The van der Waals surface area contributed by atoms with Crippen molar-refractivity contribution < 1.29 is 17.9 Å². The number of hydrogen-bond donors (Lipinski definition) is 1. The zero-order chi connectivity index (χ0) is 18.6. The first-order chi connectivity index (χ1) is 11.7. The van der Waals surface area contributed by atoms with Gasteiger partial charge < -0.3 is 10.1 Å². The second-order valence-electron chi connectivity index (χ2n) is 6.40. The molecule has 1 aliphatic rings. The third kappa shape index (κ3) is 5.01. The summed E-state index contributed by atoms with van der Waals surface area (Å²) in [5.74, 6) is 0.141. The summed E-state index contributed by atoms with van der Waals surface area (Å²) < 4.78 is 30.8. The van der Waals surface area contributed by atoms with Gasteiger partial charge in [0.25, 0.3) is 0 Å². The molecule has 0 bridgehead atoms. The SMILES string of the molecule is COc1ccc(N([C@@H](C)C(=O)NC2CCCCC2)S(C)(=O)=O)cc1Cl. The molecule has 25 heavy (non-hydrogen) atoms. The Morgan fingerprint density at radius 1 is 1.32 bits per heavy atom. The van der Waals surface area contributed by atoms with E-state index >= 15 is 0 Å². The summed E-state index contributed by atoms with van der Waals surface area (Å²) in [6.07, 6.45) is 6.31. The predicted molar refractivity (Wildman–Crippen MR) is 99.8 cm³/mol. The largest absolute Gasteiger partial charge is 0.495 e. The average Bonchev–Trinajstić information content (AvgIpc) is 2.54. The lowest BCUT2D eigenvalue weighted by atomic mass is 9.95. The summed E-state index contributed by atoms with van der Waals surface area (Å²) in [6, 6.07) is 3.90. The third-order valence-electron chi connectivity index (χ3n) is 4.43. The molecule has 2 rings (SSSR count). The molecule has 8 heteroatoms. The molecule has 0 aromatic heterocycles. The van der Waals surface area contributed by atoms with E-state index in [1.807, 2.05) is 0 Å². The first kappa shape index (κ1) is 19.8. The van der Waals surface area contributed by atoms with Crippen LogP contribution in [-0.4, -0.2) is 39.8 Å². The molecule has 1 saturated carbocycles. The van der Waals surface area contributed by atoms with E-state index in [1.54, 1.807) is 19.1 Å². The molecule has 140 valence electrons. The van der Waals surface area contributed by atoms with Crippen molar-refractivity contribution in [1.29, 1.82) is 0 Å². The van der Waals surface area contributed by atoms with Crippen LogP contribution in [0.25, 0.3) is 0 Å². The summed E-state index contributed by atoms with van der Waals surface area (Å²) in [5, 5.41) is 3.26. The minimum absolute atomic E-state index is 0.115. The second kappa shape index (κ2) is 8.27. The van der Waals surface area contributed by atoms with Gasteiger partial charge in [-0.3, -0.25) is 9.10 Å². The van der Waals surface area contributed by atoms with E-state index < -0.39 is 16.1 Å². The van der Waals surface area contributed by atoms with Gasteiger partial charge in [-0.2, -0.15) is 0 Å². The van der Waals surface area contributed by atoms with Crippen molar-refractivity contribution in [3.8, 4) is 5.75 Å². The number of nitrogens with zero attached hydrogens (tertiary/aromatic N) is 1. The summed E-state index contributed by atoms with van der Waals surface area (Å²) in [6.45, 7) is 1.58. The van der Waals surface area contributed by atoms with Crippen LogP contribution >= 0.6 is 11.6 Å². The highest BCUT2D eigenvalue weighted by Crippen LogP contribution is 2.31. The number of methoxy groups -OCH3 is 1. The number of hydrogen-bond acceptors (Lipinski definition) is 4. The Bertz CT molecular complexity index is 717. The number of benzene rings is 1. The maximum atomic E-state index is 12.6. The molecule has 1 fully saturated rings. The van der Waals surface area contributed by atoms with E-state index in [0.29, 0.717) is 11.4 Å². The first-order valence-corrected chi connectivity index (χ1v) is 10.6. The van der Waals surface area contributed by atoms with E-state index in [2.05, 4.69) is 5.32 Å². The fourth-order valence-electron chi connectivity index (χ4n) is 3.17. The molecule has 0 heterocycles. The van der Waals surface area contributed by atoms with Crippen LogP contribution in [0.1, 0.15) is 39.0 Å². The molecule has 1 amide bonds. The minimum Gasteiger partial charge on any atom is -0.495 e. The second-order valence-corrected chi connectivity index (χ2v) is 8.66. The van der Waals surface area contributed by atoms with Gasteiger partial charge in [-0.1, -0.05) is 30.9 Å². The topological polar surface area (TPSA) is 75.7 Å². The molecular weight excluding hydrogens is 364 g/mol. The molecule has 1 aliphatic carbocycles. The molecule has 0 unspecified atom stereocenters. The Balaban J connectivity index is 2.24. The van der Waals surface area contributed by atoms with Crippen LogP contribution in [0, 0.1) is 0 Å². The van der Waals surface area contributed by atoms with Gasteiger partial charge in [-0.25, -0.2) is 8.42 Å². The van der Waals surface area contributed by atoms with Gasteiger partial charge in [-0.15, -0.1) is 0 Å². The first-order valence-electron chi connectivity index (χ1n) is 8.37. The van der Waals surface area contributed by atoms with Crippen LogP contribution in [-0.2, 0) is 14.8 Å². The summed E-state index contributed by atoms with van der Waals surface area (Å²) >= 11 is 6.12. The molecule has 1 aromatic rings. The van der Waals surface area contributed by atoms with Crippen LogP contribution in [0.2, 0.25) is 5.02 Å². The van der Waals surface area contributed by atoms with E-state index in [4.69, 9.17) is 16.3 Å². The Hall–Kier alpha value is -1.47. The number of ether oxygens (including phenoxy) is 1. The number of nitrogens with one attached hydrogen (secondary N) is 1. The standard InChI is InChI=1S/C17H25ClN2O4S/c1-12(17(21)19-13-7-5-4-6-8-13)20(25(3,22)23)14-9-10-16(24-2)15(18)11-14/h9-13H,4-8H2,1-3H3,(H,19,21)/t12-/m0/s1. The quantitative estimate of drug-likeness (QED) is 0.812. The highest BCUT2D eigenvalue weighted by atomic mass is 35.5. The van der Waals surface area contributed by atoms with Gasteiger partial charge in [-0.05, 0) is 38.0 Å². The lowest BCUT2D eigenvalue weighted by Crippen LogP contribution is -2.50. The van der Waals surface area contributed by atoms with Crippen molar-refractivity contribution in [2.24, 2.45) is 0 Å². The molecule has 1 aromatic carbocycles. The molecule has 0 radical (unpaired) electrons. The van der Waals surface area contributed by atoms with Gasteiger partial charge in [0.1, 0.15) is 11.8 Å².